The summed E-state index contributed by atoms with van der Waals surface area (Å²) in [7, 11) is -2.09. The Bertz CT molecular complexity index is 562. The molecule has 1 rings (SSSR count). The van der Waals surface area contributed by atoms with Crippen LogP contribution < -0.4 is 15.8 Å². The van der Waals surface area contributed by atoms with Gasteiger partial charge >= 0.3 is 0 Å². The summed E-state index contributed by atoms with van der Waals surface area (Å²) in [5.41, 5.74) is 4.98. The molecule has 0 aliphatic heterocycles. The van der Waals surface area contributed by atoms with Crippen LogP contribution in [0.4, 0.5) is 5.82 Å². The molecule has 7 nitrogen and oxygen atoms in total. The molecule has 1 aromatic rings. The van der Waals surface area contributed by atoms with Gasteiger partial charge in [-0.15, -0.1) is 0 Å². The van der Waals surface area contributed by atoms with Gasteiger partial charge in [-0.2, -0.15) is 0 Å². The Morgan fingerprint density at radius 2 is 2.21 bits per heavy atom. The molecular weight excluding hydrogens is 336 g/mol. The molecule has 0 fully saturated rings. The predicted octanol–water partition coefficient (Wildman–Crippen LogP) is 0.430. The van der Waals surface area contributed by atoms with E-state index in [-0.39, 0.29) is 23.7 Å². The summed E-state index contributed by atoms with van der Waals surface area (Å²) in [6.07, 6.45) is 1.99. The van der Waals surface area contributed by atoms with Crippen molar-refractivity contribution in [3.8, 4) is 0 Å². The topological polar surface area (TPSA) is 114 Å². The second-order valence-electron chi connectivity index (χ2n) is 3.72. The molecule has 0 atom stereocenters. The Hall–Kier alpha value is -1.19. The van der Waals surface area contributed by atoms with Crippen molar-refractivity contribution >= 4 is 37.7 Å². The van der Waals surface area contributed by atoms with Crippen LogP contribution in [0.25, 0.3) is 0 Å². The molecule has 0 aliphatic rings. The highest BCUT2D eigenvalue weighted by Crippen LogP contribution is 2.22. The first-order valence-corrected chi connectivity index (χ1v) is 7.75. The zero-order valence-electron chi connectivity index (χ0n) is 10.3. The molecule has 0 spiro atoms. The second-order valence-corrected chi connectivity index (χ2v) is 6.37. The van der Waals surface area contributed by atoms with Crippen molar-refractivity contribution in [2.24, 2.45) is 5.73 Å². The number of amides is 1. The number of carbonyl (C=O) groups excluding carboxylic acids is 1. The molecule has 4 N–H and O–H groups in total. The van der Waals surface area contributed by atoms with E-state index in [4.69, 9.17) is 5.73 Å². The van der Waals surface area contributed by atoms with Gasteiger partial charge in [0.15, 0.2) is 0 Å². The van der Waals surface area contributed by atoms with Gasteiger partial charge in [-0.1, -0.05) is 0 Å². The summed E-state index contributed by atoms with van der Waals surface area (Å²) in [5, 5.41) is 2.71. The number of nitrogens with one attached hydrogen (secondary N) is 2. The summed E-state index contributed by atoms with van der Waals surface area (Å²) >= 11 is 3.18. The summed E-state index contributed by atoms with van der Waals surface area (Å²) in [5.74, 6) is -0.204. The number of halogens is 1. The van der Waals surface area contributed by atoms with E-state index in [1.165, 1.54) is 12.3 Å². The van der Waals surface area contributed by atoms with E-state index in [1.54, 1.807) is 7.05 Å². The minimum atomic E-state index is -3.68. The quantitative estimate of drug-likeness (QED) is 0.617. The molecule has 0 unspecified atom stereocenters. The Morgan fingerprint density at radius 1 is 1.53 bits per heavy atom. The first-order valence-electron chi connectivity index (χ1n) is 5.48. The number of carbonyl (C=O) groups is 1. The monoisotopic (exact) mass is 350 g/mol. The lowest BCUT2D eigenvalue weighted by atomic mass is 10.3. The summed E-state index contributed by atoms with van der Waals surface area (Å²) in [6.45, 7) is 0.140. The van der Waals surface area contributed by atoms with Crippen molar-refractivity contribution in [2.45, 2.75) is 17.7 Å². The van der Waals surface area contributed by atoms with Crippen molar-refractivity contribution in [2.75, 3.05) is 18.9 Å². The highest BCUT2D eigenvalue weighted by molar-refractivity contribution is 9.10. The van der Waals surface area contributed by atoms with Crippen molar-refractivity contribution in [1.82, 2.24) is 9.71 Å². The molecule has 1 amide bonds. The number of hydrogen-bond donors (Lipinski definition) is 3. The number of hydrogen-bond acceptors (Lipinski definition) is 5. The Kier molecular flexibility index (Phi) is 5.70. The van der Waals surface area contributed by atoms with Gasteiger partial charge in [0, 0.05) is 30.7 Å². The average Bonchev–Trinajstić information content (AvgIpc) is 2.34. The lowest BCUT2D eigenvalue weighted by molar-refractivity contribution is -0.118. The Labute approximate surface area is 120 Å². The molecule has 0 saturated heterocycles. The first kappa shape index (κ1) is 15.9. The van der Waals surface area contributed by atoms with Crippen LogP contribution in [0.3, 0.4) is 0 Å². The maximum absolute atomic E-state index is 12.1. The minimum Gasteiger partial charge on any atom is -0.372 e. The van der Waals surface area contributed by atoms with Crippen molar-refractivity contribution in [3.63, 3.8) is 0 Å². The number of aromatic nitrogens is 1. The third kappa shape index (κ3) is 4.77. The molecule has 1 aromatic heterocycles. The summed E-state index contributed by atoms with van der Waals surface area (Å²) < 4.78 is 27.1. The van der Waals surface area contributed by atoms with Crippen LogP contribution >= 0.6 is 15.9 Å². The van der Waals surface area contributed by atoms with Crippen LogP contribution in [0.1, 0.15) is 12.8 Å². The highest BCUT2D eigenvalue weighted by atomic mass is 79.9. The van der Waals surface area contributed by atoms with Gasteiger partial charge in [0.2, 0.25) is 15.9 Å². The van der Waals surface area contributed by atoms with Crippen LogP contribution in [0.15, 0.2) is 21.6 Å². The fraction of sp³-hybridized carbons (Fsp3) is 0.400. The summed E-state index contributed by atoms with van der Waals surface area (Å²) in [4.78, 5) is 14.6. The number of sulfonamides is 1. The van der Waals surface area contributed by atoms with E-state index in [0.29, 0.717) is 10.9 Å². The molecule has 1 heterocycles. The Morgan fingerprint density at radius 3 is 2.79 bits per heavy atom. The molecular formula is C10H15BrN4O3S. The third-order valence-electron chi connectivity index (χ3n) is 2.24. The smallest absolute Gasteiger partial charge is 0.244 e. The van der Waals surface area contributed by atoms with E-state index < -0.39 is 15.9 Å². The van der Waals surface area contributed by atoms with Gasteiger partial charge in [-0.3, -0.25) is 4.79 Å². The van der Waals surface area contributed by atoms with Gasteiger partial charge in [0.05, 0.1) is 0 Å². The normalized spacial score (nSPS) is 11.3. The second kappa shape index (κ2) is 6.83. The van der Waals surface area contributed by atoms with E-state index in [1.807, 2.05) is 0 Å². The number of nitrogens with two attached hydrogens (primary N) is 1. The first-order chi connectivity index (χ1) is 8.86. The number of rotatable bonds is 7. The van der Waals surface area contributed by atoms with Crippen molar-refractivity contribution in [1.29, 1.82) is 0 Å². The van der Waals surface area contributed by atoms with Crippen LogP contribution in [0, 0.1) is 0 Å². The van der Waals surface area contributed by atoms with Gasteiger partial charge in [0.25, 0.3) is 0 Å². The molecule has 106 valence electrons. The highest BCUT2D eigenvalue weighted by Gasteiger charge is 2.19. The zero-order valence-corrected chi connectivity index (χ0v) is 12.7. The average molecular weight is 351 g/mol. The van der Waals surface area contributed by atoms with Crippen LogP contribution in [0.5, 0.6) is 0 Å². The standard InChI is InChI=1S/C10H15BrN4O3S/c1-13-10-8(5-7(11)6-14-10)19(17,18)15-4-2-3-9(12)16/h5-6,15H,2-4H2,1H3,(H2,12,16)(H,13,14). The molecule has 0 saturated carbocycles. The van der Waals surface area contributed by atoms with Gasteiger partial charge < -0.3 is 11.1 Å². The third-order valence-corrected chi connectivity index (χ3v) is 4.15. The SMILES string of the molecule is CNc1ncc(Br)cc1S(=O)(=O)NCCCC(N)=O. The largest absolute Gasteiger partial charge is 0.372 e. The number of primary amides is 1. The molecule has 0 radical (unpaired) electrons. The predicted molar refractivity (Wildman–Crippen MR) is 75.1 cm³/mol. The van der Waals surface area contributed by atoms with E-state index >= 15 is 0 Å². The minimum absolute atomic E-state index is 0.0449. The number of nitrogens with zero attached hydrogens (tertiary/aromatic N) is 1. The fourth-order valence-corrected chi connectivity index (χ4v) is 3.10. The van der Waals surface area contributed by atoms with Gasteiger partial charge in [-0.05, 0) is 28.4 Å². The van der Waals surface area contributed by atoms with Gasteiger partial charge in [0.1, 0.15) is 10.7 Å². The maximum Gasteiger partial charge on any atom is 0.244 e. The molecule has 0 aromatic carbocycles. The van der Waals surface area contributed by atoms with Crippen molar-refractivity contribution in [3.05, 3.63) is 16.7 Å². The lowest BCUT2D eigenvalue weighted by Gasteiger charge is -2.10. The van der Waals surface area contributed by atoms with E-state index in [2.05, 4.69) is 31.0 Å². The van der Waals surface area contributed by atoms with E-state index in [9.17, 15) is 13.2 Å². The van der Waals surface area contributed by atoms with Gasteiger partial charge in [-0.25, -0.2) is 18.1 Å². The van der Waals surface area contributed by atoms with Crippen LogP contribution in [-0.2, 0) is 14.8 Å². The van der Waals surface area contributed by atoms with Crippen molar-refractivity contribution < 1.29 is 13.2 Å². The fourth-order valence-electron chi connectivity index (χ4n) is 1.36. The molecule has 0 aliphatic carbocycles. The Balaban J connectivity index is 2.82. The number of pyridine rings is 1. The van der Waals surface area contributed by atoms with Crippen LogP contribution in [0.2, 0.25) is 0 Å². The lowest BCUT2D eigenvalue weighted by Crippen LogP contribution is -2.26. The maximum atomic E-state index is 12.1. The molecule has 19 heavy (non-hydrogen) atoms. The number of anilines is 1. The molecule has 9 heteroatoms. The zero-order chi connectivity index (χ0) is 14.5. The van der Waals surface area contributed by atoms with Crippen LogP contribution in [-0.4, -0.2) is 32.9 Å². The van der Waals surface area contributed by atoms with E-state index in [0.717, 1.165) is 0 Å². The summed E-state index contributed by atoms with van der Waals surface area (Å²) in [6, 6.07) is 1.45. The molecule has 0 bridgehead atoms.